The Kier molecular flexibility index (Phi) is 6.72. The molecule has 1 N–H and O–H groups in total. The van der Waals surface area contributed by atoms with Crippen LogP contribution in [-0.2, 0) is 12.8 Å². The highest BCUT2D eigenvalue weighted by Crippen LogP contribution is 2.29. The SMILES string of the molecule is CCCCc1c(O)ccc(C(=S)S)c1CCCC. The molecule has 1 rings (SSSR count). The molecular weight excluding hydrogens is 260 g/mol. The summed E-state index contributed by atoms with van der Waals surface area (Å²) >= 11 is 9.50. The number of thiocarbonyl (C=S) groups is 1. The average Bonchev–Trinajstić information content (AvgIpc) is 2.34. The van der Waals surface area contributed by atoms with Gasteiger partial charge >= 0.3 is 0 Å². The highest BCUT2D eigenvalue weighted by Gasteiger charge is 2.13. The second kappa shape index (κ2) is 7.80. The summed E-state index contributed by atoms with van der Waals surface area (Å²) in [6, 6.07) is 3.64. The monoisotopic (exact) mass is 282 g/mol. The molecule has 0 radical (unpaired) electrons. The van der Waals surface area contributed by atoms with Crippen molar-refractivity contribution in [3.63, 3.8) is 0 Å². The smallest absolute Gasteiger partial charge is 0.119 e. The standard InChI is InChI=1S/C15H22OS2/c1-3-5-7-11-12(8-6-4-2)14(16)10-9-13(11)15(17)18/h9-10,16H,3-8H2,1-2H3,(H,17,18). The number of aromatic hydroxyl groups is 1. The Balaban J connectivity index is 3.16. The lowest BCUT2D eigenvalue weighted by Gasteiger charge is -2.15. The van der Waals surface area contributed by atoms with Crippen LogP contribution in [0.3, 0.4) is 0 Å². The van der Waals surface area contributed by atoms with Crippen LogP contribution in [0.25, 0.3) is 0 Å². The van der Waals surface area contributed by atoms with Gasteiger partial charge in [0.1, 0.15) is 5.75 Å². The van der Waals surface area contributed by atoms with Crippen molar-refractivity contribution in [3.05, 3.63) is 28.8 Å². The molecule has 3 heteroatoms. The molecule has 1 nitrogen and oxygen atoms in total. The third-order valence-corrected chi connectivity index (χ3v) is 3.66. The number of thiol groups is 1. The average molecular weight is 282 g/mol. The predicted molar refractivity (Wildman–Crippen MR) is 86.0 cm³/mol. The number of benzene rings is 1. The van der Waals surface area contributed by atoms with E-state index in [1.165, 1.54) is 5.56 Å². The van der Waals surface area contributed by atoms with Crippen LogP contribution < -0.4 is 0 Å². The fourth-order valence-corrected chi connectivity index (χ4v) is 2.55. The third kappa shape index (κ3) is 3.99. The summed E-state index contributed by atoms with van der Waals surface area (Å²) in [5.41, 5.74) is 3.29. The van der Waals surface area contributed by atoms with E-state index < -0.39 is 0 Å². The maximum absolute atomic E-state index is 10.1. The first-order valence-corrected chi connectivity index (χ1v) is 7.54. The summed E-state index contributed by atoms with van der Waals surface area (Å²) in [5, 5.41) is 10.1. The first-order chi connectivity index (χ1) is 8.61. The summed E-state index contributed by atoms with van der Waals surface area (Å²) in [4.78, 5) is 0. The quantitative estimate of drug-likeness (QED) is 0.559. The van der Waals surface area contributed by atoms with E-state index in [0.717, 1.165) is 49.7 Å². The van der Waals surface area contributed by atoms with E-state index in [1.807, 2.05) is 6.07 Å². The normalized spacial score (nSPS) is 10.6. The van der Waals surface area contributed by atoms with Crippen molar-refractivity contribution < 1.29 is 5.11 Å². The summed E-state index contributed by atoms with van der Waals surface area (Å²) in [5.74, 6) is 0.405. The third-order valence-electron chi connectivity index (χ3n) is 3.20. The van der Waals surface area contributed by atoms with E-state index in [4.69, 9.17) is 12.2 Å². The van der Waals surface area contributed by atoms with E-state index in [9.17, 15) is 5.11 Å². The largest absolute Gasteiger partial charge is 0.508 e. The molecule has 0 fully saturated rings. The molecule has 0 bridgehead atoms. The van der Waals surface area contributed by atoms with E-state index in [2.05, 4.69) is 26.5 Å². The summed E-state index contributed by atoms with van der Waals surface area (Å²) in [6.45, 7) is 4.34. The van der Waals surface area contributed by atoms with Gasteiger partial charge in [0.05, 0.1) is 4.20 Å². The Morgan fingerprint density at radius 3 is 2.17 bits per heavy atom. The van der Waals surface area contributed by atoms with Crippen LogP contribution in [0.1, 0.15) is 56.2 Å². The molecule has 1 aromatic rings. The Hall–Kier alpha value is -0.540. The van der Waals surface area contributed by atoms with Crippen molar-refractivity contribution in [1.29, 1.82) is 0 Å². The fraction of sp³-hybridized carbons (Fsp3) is 0.533. The summed E-state index contributed by atoms with van der Waals surface area (Å²) in [6.07, 6.45) is 6.37. The van der Waals surface area contributed by atoms with E-state index in [-0.39, 0.29) is 0 Å². The lowest BCUT2D eigenvalue weighted by atomic mass is 9.93. The number of rotatable bonds is 7. The second-order valence-electron chi connectivity index (χ2n) is 4.60. The molecule has 0 saturated heterocycles. The minimum Gasteiger partial charge on any atom is -0.508 e. The Morgan fingerprint density at radius 1 is 1.11 bits per heavy atom. The van der Waals surface area contributed by atoms with Crippen molar-refractivity contribution in [2.75, 3.05) is 0 Å². The molecule has 0 aromatic heterocycles. The molecule has 0 amide bonds. The van der Waals surface area contributed by atoms with Crippen molar-refractivity contribution in [1.82, 2.24) is 0 Å². The van der Waals surface area contributed by atoms with Gasteiger partial charge in [0.25, 0.3) is 0 Å². The minimum absolute atomic E-state index is 0.405. The Bertz CT molecular complexity index is 413. The zero-order valence-electron chi connectivity index (χ0n) is 11.2. The lowest BCUT2D eigenvalue weighted by molar-refractivity contribution is 0.465. The van der Waals surface area contributed by atoms with Gasteiger partial charge in [0, 0.05) is 5.56 Å². The highest BCUT2D eigenvalue weighted by molar-refractivity contribution is 8.11. The zero-order chi connectivity index (χ0) is 13.5. The van der Waals surface area contributed by atoms with Crippen LogP contribution in [0.2, 0.25) is 0 Å². The van der Waals surface area contributed by atoms with Gasteiger partial charge in [-0.2, -0.15) is 0 Å². The maximum Gasteiger partial charge on any atom is 0.119 e. The first-order valence-electron chi connectivity index (χ1n) is 6.68. The molecular formula is C15H22OS2. The molecule has 0 aliphatic rings. The highest BCUT2D eigenvalue weighted by atomic mass is 32.1. The van der Waals surface area contributed by atoms with E-state index >= 15 is 0 Å². The topological polar surface area (TPSA) is 20.2 Å². The van der Waals surface area contributed by atoms with Crippen molar-refractivity contribution >= 4 is 29.0 Å². The predicted octanol–water partition coefficient (Wildman–Crippen LogP) is 4.68. The molecule has 100 valence electrons. The van der Waals surface area contributed by atoms with Crippen LogP contribution in [0.15, 0.2) is 12.1 Å². The number of phenolic OH excluding ortho intramolecular Hbond substituents is 1. The number of hydrogen-bond acceptors (Lipinski definition) is 2. The van der Waals surface area contributed by atoms with Gasteiger partial charge in [-0.05, 0) is 48.9 Å². The fourth-order valence-electron chi connectivity index (χ4n) is 2.15. The number of hydrogen-bond donors (Lipinski definition) is 2. The van der Waals surface area contributed by atoms with Gasteiger partial charge in [0.2, 0.25) is 0 Å². The van der Waals surface area contributed by atoms with E-state index in [0.29, 0.717) is 9.95 Å². The number of unbranched alkanes of at least 4 members (excludes halogenated alkanes) is 2. The van der Waals surface area contributed by atoms with Gasteiger partial charge in [-0.15, -0.1) is 12.6 Å². The number of phenols is 1. The summed E-state index contributed by atoms with van der Waals surface area (Å²) < 4.78 is 0.624. The zero-order valence-corrected chi connectivity index (χ0v) is 12.9. The Labute approximate surface area is 121 Å². The van der Waals surface area contributed by atoms with Crippen LogP contribution >= 0.6 is 24.8 Å². The van der Waals surface area contributed by atoms with E-state index in [1.54, 1.807) is 6.07 Å². The molecule has 0 atom stereocenters. The van der Waals surface area contributed by atoms with Crippen LogP contribution in [0.4, 0.5) is 0 Å². The lowest BCUT2D eigenvalue weighted by Crippen LogP contribution is -2.03. The van der Waals surface area contributed by atoms with Gasteiger partial charge in [-0.3, -0.25) is 0 Å². The van der Waals surface area contributed by atoms with Crippen molar-refractivity contribution in [2.24, 2.45) is 0 Å². The minimum atomic E-state index is 0.405. The van der Waals surface area contributed by atoms with Crippen molar-refractivity contribution in [3.8, 4) is 5.75 Å². The molecule has 0 aliphatic heterocycles. The molecule has 0 unspecified atom stereocenters. The van der Waals surface area contributed by atoms with Gasteiger partial charge in [0.15, 0.2) is 0 Å². The Morgan fingerprint density at radius 2 is 1.67 bits per heavy atom. The summed E-state index contributed by atoms with van der Waals surface area (Å²) in [7, 11) is 0. The van der Waals surface area contributed by atoms with Crippen LogP contribution in [0.5, 0.6) is 5.75 Å². The van der Waals surface area contributed by atoms with Crippen LogP contribution in [-0.4, -0.2) is 9.30 Å². The van der Waals surface area contributed by atoms with Crippen molar-refractivity contribution in [2.45, 2.75) is 52.4 Å². The molecule has 0 aliphatic carbocycles. The molecule has 0 saturated carbocycles. The van der Waals surface area contributed by atoms with Crippen LogP contribution in [0, 0.1) is 0 Å². The molecule has 0 heterocycles. The van der Waals surface area contributed by atoms with Gasteiger partial charge in [-0.25, -0.2) is 0 Å². The second-order valence-corrected chi connectivity index (χ2v) is 5.76. The molecule has 18 heavy (non-hydrogen) atoms. The maximum atomic E-state index is 10.1. The van der Waals surface area contributed by atoms with Gasteiger partial charge in [-0.1, -0.05) is 38.9 Å². The van der Waals surface area contributed by atoms with Gasteiger partial charge < -0.3 is 5.11 Å². The first kappa shape index (κ1) is 15.5. The molecule has 0 spiro atoms. The molecule has 1 aromatic carbocycles.